The van der Waals surface area contributed by atoms with Crippen molar-refractivity contribution in [1.82, 2.24) is 0 Å². The number of amides is 1. The number of benzene rings is 3. The third kappa shape index (κ3) is 3.15. The second-order valence-corrected chi connectivity index (χ2v) is 4.94. The van der Waals surface area contributed by atoms with E-state index in [1.807, 2.05) is 36.4 Å². The Bertz CT molecular complexity index is 779. The summed E-state index contributed by atoms with van der Waals surface area (Å²) < 4.78 is 5.38. The number of carbonyl (C=O) groups excluding carboxylic acids is 1. The Morgan fingerprint density at radius 3 is 2.43 bits per heavy atom. The number of rotatable bonds is 2. The van der Waals surface area contributed by atoms with Crippen LogP contribution in [0.3, 0.4) is 0 Å². The highest BCUT2D eigenvalue weighted by molar-refractivity contribution is 6.30. The van der Waals surface area contributed by atoms with Gasteiger partial charge in [0.2, 0.25) is 0 Å². The number of carbonyl (C=O) groups is 1. The summed E-state index contributed by atoms with van der Waals surface area (Å²) >= 11 is 5.80. The zero-order chi connectivity index (χ0) is 14.7. The normalized spacial score (nSPS) is 10.3. The third-order valence-electron chi connectivity index (χ3n) is 3.04. The molecule has 0 fully saturated rings. The van der Waals surface area contributed by atoms with Crippen molar-refractivity contribution >= 4 is 34.2 Å². The molecule has 4 heteroatoms. The van der Waals surface area contributed by atoms with Gasteiger partial charge < -0.3 is 4.74 Å². The van der Waals surface area contributed by atoms with Crippen molar-refractivity contribution in [1.29, 1.82) is 0 Å². The Balaban J connectivity index is 1.79. The van der Waals surface area contributed by atoms with E-state index in [1.54, 1.807) is 30.3 Å². The van der Waals surface area contributed by atoms with Gasteiger partial charge in [-0.05, 0) is 35.7 Å². The topological polar surface area (TPSA) is 38.3 Å². The van der Waals surface area contributed by atoms with Gasteiger partial charge in [0, 0.05) is 16.1 Å². The summed E-state index contributed by atoms with van der Waals surface area (Å²) in [5.41, 5.74) is 0.629. The van der Waals surface area contributed by atoms with Crippen LogP contribution in [0, 0.1) is 0 Å². The molecule has 3 rings (SSSR count). The second-order valence-electron chi connectivity index (χ2n) is 4.50. The first-order valence-electron chi connectivity index (χ1n) is 6.44. The Morgan fingerprint density at radius 2 is 1.62 bits per heavy atom. The van der Waals surface area contributed by atoms with Gasteiger partial charge in [-0.2, -0.15) is 0 Å². The minimum absolute atomic E-state index is 0.527. The first-order chi connectivity index (χ1) is 10.2. The molecule has 0 aliphatic heterocycles. The van der Waals surface area contributed by atoms with Gasteiger partial charge in [-0.3, -0.25) is 5.32 Å². The maximum Gasteiger partial charge on any atom is 0.417 e. The number of nitrogens with one attached hydrogen (secondary N) is 1. The van der Waals surface area contributed by atoms with Crippen LogP contribution in [0.2, 0.25) is 5.02 Å². The first kappa shape index (κ1) is 13.5. The Kier molecular flexibility index (Phi) is 3.75. The predicted octanol–water partition coefficient (Wildman–Crippen LogP) is 5.10. The van der Waals surface area contributed by atoms with Crippen LogP contribution in [-0.2, 0) is 0 Å². The van der Waals surface area contributed by atoms with Crippen LogP contribution in [-0.4, -0.2) is 6.09 Å². The Morgan fingerprint density at radius 1 is 0.905 bits per heavy atom. The van der Waals surface area contributed by atoms with E-state index in [-0.39, 0.29) is 0 Å². The van der Waals surface area contributed by atoms with Crippen LogP contribution in [0.5, 0.6) is 5.75 Å². The fourth-order valence-corrected chi connectivity index (χ4v) is 2.19. The standard InChI is InChI=1S/C17H12ClNO2/c18-13-8-10-14(11-9-13)19-17(20)21-16-7-3-5-12-4-1-2-6-15(12)16/h1-11H,(H,19,20). The molecule has 3 aromatic carbocycles. The van der Waals surface area contributed by atoms with Crippen LogP contribution < -0.4 is 10.1 Å². The van der Waals surface area contributed by atoms with Crippen LogP contribution in [0.1, 0.15) is 0 Å². The summed E-state index contributed by atoms with van der Waals surface area (Å²) in [6.07, 6.45) is -0.534. The van der Waals surface area contributed by atoms with Crippen molar-refractivity contribution in [3.63, 3.8) is 0 Å². The number of halogens is 1. The van der Waals surface area contributed by atoms with Gasteiger partial charge in [0.15, 0.2) is 0 Å². The number of fused-ring (bicyclic) bond motifs is 1. The number of hydrogen-bond donors (Lipinski definition) is 1. The zero-order valence-corrected chi connectivity index (χ0v) is 11.8. The average Bonchev–Trinajstić information content (AvgIpc) is 2.50. The minimum atomic E-state index is -0.534. The molecule has 1 N–H and O–H groups in total. The zero-order valence-electron chi connectivity index (χ0n) is 11.0. The molecule has 1 amide bonds. The summed E-state index contributed by atoms with van der Waals surface area (Å²) in [6.45, 7) is 0. The highest BCUT2D eigenvalue weighted by Crippen LogP contribution is 2.25. The monoisotopic (exact) mass is 297 g/mol. The van der Waals surface area contributed by atoms with Gasteiger partial charge in [-0.25, -0.2) is 4.79 Å². The Hall–Kier alpha value is -2.52. The molecule has 0 saturated carbocycles. The summed E-state index contributed by atoms with van der Waals surface area (Å²) in [4.78, 5) is 11.9. The maximum absolute atomic E-state index is 11.9. The molecule has 0 radical (unpaired) electrons. The maximum atomic E-state index is 11.9. The van der Waals surface area contributed by atoms with Crippen molar-refractivity contribution in [2.75, 3.05) is 5.32 Å². The molecular weight excluding hydrogens is 286 g/mol. The van der Waals surface area contributed by atoms with E-state index < -0.39 is 6.09 Å². The molecule has 104 valence electrons. The van der Waals surface area contributed by atoms with Crippen LogP contribution in [0.25, 0.3) is 10.8 Å². The number of anilines is 1. The Labute approximate surface area is 127 Å². The molecule has 0 spiro atoms. The van der Waals surface area contributed by atoms with Crippen molar-refractivity contribution in [3.8, 4) is 5.75 Å². The van der Waals surface area contributed by atoms with Gasteiger partial charge in [0.05, 0.1) is 0 Å². The molecule has 0 aliphatic rings. The SMILES string of the molecule is O=C(Nc1ccc(Cl)cc1)Oc1cccc2ccccc12. The number of hydrogen-bond acceptors (Lipinski definition) is 2. The minimum Gasteiger partial charge on any atom is -0.409 e. The number of ether oxygens (including phenoxy) is 1. The van der Waals surface area contributed by atoms with Crippen LogP contribution >= 0.6 is 11.6 Å². The molecule has 0 aliphatic carbocycles. The van der Waals surface area contributed by atoms with E-state index in [9.17, 15) is 4.79 Å². The van der Waals surface area contributed by atoms with Gasteiger partial charge in [0.25, 0.3) is 0 Å². The molecule has 0 atom stereocenters. The third-order valence-corrected chi connectivity index (χ3v) is 3.29. The lowest BCUT2D eigenvalue weighted by Gasteiger charge is -2.09. The van der Waals surface area contributed by atoms with Gasteiger partial charge in [-0.1, -0.05) is 48.0 Å². The second kappa shape index (κ2) is 5.85. The highest BCUT2D eigenvalue weighted by atomic mass is 35.5. The van der Waals surface area contributed by atoms with Crippen LogP contribution in [0.4, 0.5) is 10.5 Å². The lowest BCUT2D eigenvalue weighted by molar-refractivity contribution is 0.215. The lowest BCUT2D eigenvalue weighted by atomic mass is 10.1. The van der Waals surface area contributed by atoms with E-state index >= 15 is 0 Å². The summed E-state index contributed by atoms with van der Waals surface area (Å²) in [7, 11) is 0. The van der Waals surface area contributed by atoms with Crippen molar-refractivity contribution in [2.45, 2.75) is 0 Å². The van der Waals surface area contributed by atoms with Crippen molar-refractivity contribution in [2.24, 2.45) is 0 Å². The predicted molar refractivity (Wildman–Crippen MR) is 85.0 cm³/mol. The van der Waals surface area contributed by atoms with Gasteiger partial charge in [0.1, 0.15) is 5.75 Å². The smallest absolute Gasteiger partial charge is 0.409 e. The van der Waals surface area contributed by atoms with E-state index in [0.717, 1.165) is 10.8 Å². The van der Waals surface area contributed by atoms with E-state index in [4.69, 9.17) is 16.3 Å². The first-order valence-corrected chi connectivity index (χ1v) is 6.82. The van der Waals surface area contributed by atoms with Crippen molar-refractivity contribution < 1.29 is 9.53 Å². The molecule has 0 unspecified atom stereocenters. The lowest BCUT2D eigenvalue weighted by Crippen LogP contribution is -2.16. The quantitative estimate of drug-likeness (QED) is 0.714. The molecule has 3 aromatic rings. The van der Waals surface area contributed by atoms with Crippen LogP contribution in [0.15, 0.2) is 66.7 Å². The summed E-state index contributed by atoms with van der Waals surface area (Å²) in [6, 6.07) is 20.2. The molecule has 0 aromatic heterocycles. The molecule has 3 nitrogen and oxygen atoms in total. The van der Waals surface area contributed by atoms with Gasteiger partial charge >= 0.3 is 6.09 Å². The molecule has 21 heavy (non-hydrogen) atoms. The van der Waals surface area contributed by atoms with Gasteiger partial charge in [-0.15, -0.1) is 0 Å². The highest BCUT2D eigenvalue weighted by Gasteiger charge is 2.08. The molecule has 0 heterocycles. The molecule has 0 saturated heterocycles. The molecular formula is C17H12ClNO2. The van der Waals surface area contributed by atoms with E-state index in [0.29, 0.717) is 16.5 Å². The van der Waals surface area contributed by atoms with E-state index in [1.165, 1.54) is 0 Å². The van der Waals surface area contributed by atoms with E-state index in [2.05, 4.69) is 5.32 Å². The molecule has 0 bridgehead atoms. The summed E-state index contributed by atoms with van der Waals surface area (Å²) in [5.74, 6) is 0.527. The fourth-order valence-electron chi connectivity index (χ4n) is 2.06. The fraction of sp³-hybridized carbons (Fsp3) is 0. The van der Waals surface area contributed by atoms with Crippen molar-refractivity contribution in [3.05, 3.63) is 71.8 Å². The largest absolute Gasteiger partial charge is 0.417 e. The summed E-state index contributed by atoms with van der Waals surface area (Å²) in [5, 5.41) is 5.19. The average molecular weight is 298 g/mol.